The van der Waals surface area contributed by atoms with Gasteiger partial charge in [-0.15, -0.1) is 0 Å². The van der Waals surface area contributed by atoms with Gasteiger partial charge in [0.05, 0.1) is 25.2 Å². The van der Waals surface area contributed by atoms with Crippen molar-refractivity contribution in [3.63, 3.8) is 0 Å². The van der Waals surface area contributed by atoms with E-state index in [4.69, 9.17) is 4.74 Å². The highest BCUT2D eigenvalue weighted by molar-refractivity contribution is 5.84. The first-order valence-corrected chi connectivity index (χ1v) is 5.51. The summed E-state index contributed by atoms with van der Waals surface area (Å²) in [7, 11) is 0. The van der Waals surface area contributed by atoms with Crippen LogP contribution in [-0.4, -0.2) is 41.5 Å². The van der Waals surface area contributed by atoms with Crippen molar-refractivity contribution in [2.24, 2.45) is 10.4 Å². The monoisotopic (exact) mass is 215 g/mol. The van der Waals surface area contributed by atoms with E-state index < -0.39 is 5.41 Å². The predicted octanol–water partition coefficient (Wildman–Crippen LogP) is 0.965. The van der Waals surface area contributed by atoms with Crippen molar-refractivity contribution < 1.29 is 14.9 Å². The van der Waals surface area contributed by atoms with Crippen LogP contribution in [0, 0.1) is 5.41 Å². The molecule has 2 N–H and O–H groups in total. The lowest BCUT2D eigenvalue weighted by Crippen LogP contribution is -2.40. The summed E-state index contributed by atoms with van der Waals surface area (Å²) in [6.45, 7) is 6.23. The van der Waals surface area contributed by atoms with Crippen LogP contribution in [0.2, 0.25) is 0 Å². The molecule has 1 aliphatic rings. The van der Waals surface area contributed by atoms with E-state index in [-0.39, 0.29) is 18.8 Å². The Kier molecular flexibility index (Phi) is 3.73. The minimum Gasteiger partial charge on any atom is -0.472 e. The molecule has 4 heteroatoms. The lowest BCUT2D eigenvalue weighted by molar-refractivity contribution is 0.0407. The van der Waals surface area contributed by atoms with Gasteiger partial charge in [-0.1, -0.05) is 13.8 Å². The van der Waals surface area contributed by atoms with Gasteiger partial charge in [0.2, 0.25) is 0 Å². The van der Waals surface area contributed by atoms with E-state index in [2.05, 4.69) is 18.8 Å². The molecule has 1 heterocycles. The van der Waals surface area contributed by atoms with Gasteiger partial charge in [0.15, 0.2) is 5.90 Å². The third-order valence-electron chi connectivity index (χ3n) is 3.33. The van der Waals surface area contributed by atoms with Gasteiger partial charge in [-0.2, -0.15) is 0 Å². The number of aliphatic hydroxyl groups excluding tert-OH is 2. The maximum atomic E-state index is 9.24. The smallest absolute Gasteiger partial charge is 0.194 e. The number of aliphatic hydroxyl groups is 2. The van der Waals surface area contributed by atoms with Gasteiger partial charge < -0.3 is 14.9 Å². The Hall–Kier alpha value is -0.610. The van der Waals surface area contributed by atoms with Crippen LogP contribution in [0.1, 0.15) is 33.6 Å². The molecule has 1 aliphatic heterocycles. The van der Waals surface area contributed by atoms with Gasteiger partial charge in [-0.05, 0) is 19.8 Å². The van der Waals surface area contributed by atoms with Gasteiger partial charge in [0, 0.05) is 0 Å². The molecule has 0 spiro atoms. The molecule has 15 heavy (non-hydrogen) atoms. The maximum absolute atomic E-state index is 9.24. The molecule has 88 valence electrons. The molecular weight excluding hydrogens is 194 g/mol. The van der Waals surface area contributed by atoms with Crippen LogP contribution in [0.15, 0.2) is 4.99 Å². The van der Waals surface area contributed by atoms with E-state index in [0.717, 1.165) is 12.8 Å². The molecule has 0 aromatic rings. The average molecular weight is 215 g/mol. The SMILES string of the molecule is CCC1(CC)CN=C(C(C)(CO)CO)O1. The van der Waals surface area contributed by atoms with Crippen molar-refractivity contribution in [3.8, 4) is 0 Å². The summed E-state index contributed by atoms with van der Waals surface area (Å²) in [5, 5.41) is 18.5. The van der Waals surface area contributed by atoms with Crippen LogP contribution in [0.25, 0.3) is 0 Å². The Morgan fingerprint density at radius 2 is 1.87 bits per heavy atom. The molecule has 0 fully saturated rings. The standard InChI is InChI=1S/C11H21NO3/c1-4-11(5-2)6-12-9(15-11)10(3,7-13)8-14/h13-14H,4-8H2,1-3H3. The first-order chi connectivity index (χ1) is 7.05. The second-order valence-electron chi connectivity index (χ2n) is 4.49. The van der Waals surface area contributed by atoms with Crippen molar-refractivity contribution in [3.05, 3.63) is 0 Å². The highest BCUT2D eigenvalue weighted by Gasteiger charge is 2.42. The zero-order valence-electron chi connectivity index (χ0n) is 9.79. The minimum atomic E-state index is -0.744. The van der Waals surface area contributed by atoms with Crippen LogP contribution >= 0.6 is 0 Å². The number of ether oxygens (including phenoxy) is 1. The Morgan fingerprint density at radius 3 is 2.20 bits per heavy atom. The molecule has 1 rings (SSSR count). The van der Waals surface area contributed by atoms with Crippen molar-refractivity contribution in [1.82, 2.24) is 0 Å². The number of nitrogens with zero attached hydrogens (tertiary/aromatic N) is 1. The van der Waals surface area contributed by atoms with Gasteiger partial charge in [0.25, 0.3) is 0 Å². The third-order valence-corrected chi connectivity index (χ3v) is 3.33. The van der Waals surface area contributed by atoms with Crippen molar-refractivity contribution in [1.29, 1.82) is 0 Å². The molecular formula is C11H21NO3. The fraction of sp³-hybridized carbons (Fsp3) is 0.909. The fourth-order valence-electron chi connectivity index (χ4n) is 1.60. The lowest BCUT2D eigenvalue weighted by Gasteiger charge is -2.30. The van der Waals surface area contributed by atoms with Crippen molar-refractivity contribution >= 4 is 5.90 Å². The van der Waals surface area contributed by atoms with Crippen LogP contribution in [0.3, 0.4) is 0 Å². The first-order valence-electron chi connectivity index (χ1n) is 5.51. The molecule has 4 nitrogen and oxygen atoms in total. The molecule has 0 amide bonds. The summed E-state index contributed by atoms with van der Waals surface area (Å²) >= 11 is 0. The topological polar surface area (TPSA) is 62.1 Å². The van der Waals surface area contributed by atoms with Crippen LogP contribution in [0.5, 0.6) is 0 Å². The zero-order valence-corrected chi connectivity index (χ0v) is 9.79. The minimum absolute atomic E-state index is 0.147. The largest absolute Gasteiger partial charge is 0.472 e. The van der Waals surface area contributed by atoms with Crippen molar-refractivity contribution in [2.75, 3.05) is 19.8 Å². The highest BCUT2D eigenvalue weighted by Crippen LogP contribution is 2.32. The van der Waals surface area contributed by atoms with Crippen LogP contribution in [-0.2, 0) is 4.74 Å². The highest BCUT2D eigenvalue weighted by atomic mass is 16.5. The van der Waals surface area contributed by atoms with Gasteiger partial charge in [0.1, 0.15) is 5.60 Å². The summed E-state index contributed by atoms with van der Waals surface area (Å²) in [4.78, 5) is 4.32. The van der Waals surface area contributed by atoms with E-state index in [9.17, 15) is 10.2 Å². The number of aliphatic imine (C=N–C) groups is 1. The van der Waals surface area contributed by atoms with Crippen LogP contribution < -0.4 is 0 Å². The van der Waals surface area contributed by atoms with E-state index in [1.54, 1.807) is 6.92 Å². The maximum Gasteiger partial charge on any atom is 0.194 e. The van der Waals surface area contributed by atoms with Gasteiger partial charge in [-0.3, -0.25) is 4.99 Å². The van der Waals surface area contributed by atoms with E-state index in [0.29, 0.717) is 12.4 Å². The molecule has 0 bridgehead atoms. The normalized spacial score (nSPS) is 19.9. The quantitative estimate of drug-likeness (QED) is 0.718. The van der Waals surface area contributed by atoms with Gasteiger partial charge >= 0.3 is 0 Å². The third kappa shape index (κ3) is 2.16. The molecule has 0 atom stereocenters. The second-order valence-corrected chi connectivity index (χ2v) is 4.49. The Labute approximate surface area is 91.0 Å². The summed E-state index contributed by atoms with van der Waals surface area (Å²) in [5.74, 6) is 0.496. The zero-order chi connectivity index (χ0) is 11.5. The predicted molar refractivity (Wildman–Crippen MR) is 59.0 cm³/mol. The summed E-state index contributed by atoms with van der Waals surface area (Å²) in [6, 6.07) is 0. The Balaban J connectivity index is 2.77. The summed E-state index contributed by atoms with van der Waals surface area (Å²) in [5.41, 5.74) is -0.965. The van der Waals surface area contributed by atoms with Crippen molar-refractivity contribution in [2.45, 2.75) is 39.2 Å². The molecule has 0 radical (unpaired) electrons. The molecule has 0 aliphatic carbocycles. The molecule has 0 saturated carbocycles. The Bertz CT molecular complexity index is 242. The Morgan fingerprint density at radius 1 is 1.33 bits per heavy atom. The summed E-state index contributed by atoms with van der Waals surface area (Å²) < 4.78 is 5.82. The fourth-order valence-corrected chi connectivity index (χ4v) is 1.60. The molecule has 0 aromatic carbocycles. The van der Waals surface area contributed by atoms with E-state index in [1.807, 2.05) is 0 Å². The molecule has 0 saturated heterocycles. The van der Waals surface area contributed by atoms with E-state index in [1.165, 1.54) is 0 Å². The van der Waals surface area contributed by atoms with E-state index >= 15 is 0 Å². The summed E-state index contributed by atoms with van der Waals surface area (Å²) in [6.07, 6.45) is 1.78. The van der Waals surface area contributed by atoms with Crippen LogP contribution in [0.4, 0.5) is 0 Å². The average Bonchev–Trinajstić information content (AvgIpc) is 2.73. The number of hydrogen-bond donors (Lipinski definition) is 2. The van der Waals surface area contributed by atoms with Gasteiger partial charge in [-0.25, -0.2) is 0 Å². The molecule has 0 aromatic heterocycles. The second kappa shape index (κ2) is 4.49. The number of rotatable bonds is 5. The lowest BCUT2D eigenvalue weighted by atomic mass is 9.92. The molecule has 0 unspecified atom stereocenters. The number of hydrogen-bond acceptors (Lipinski definition) is 4. The first kappa shape index (κ1) is 12.5.